The lowest BCUT2D eigenvalue weighted by Gasteiger charge is -2.26. The summed E-state index contributed by atoms with van der Waals surface area (Å²) in [5, 5.41) is 11.0. The van der Waals surface area contributed by atoms with Crippen LogP contribution in [-0.4, -0.2) is 31.3 Å². The van der Waals surface area contributed by atoms with E-state index in [1.807, 2.05) is 12.1 Å². The minimum atomic E-state index is 0.423. The van der Waals surface area contributed by atoms with Crippen molar-refractivity contribution in [1.29, 1.82) is 0 Å². The molecule has 1 aliphatic heterocycles. The number of guanidine groups is 1. The molecule has 0 amide bonds. The summed E-state index contributed by atoms with van der Waals surface area (Å²) in [5.74, 6) is 3.16. The number of aryl methyl sites for hydroxylation is 2. The Hall–Kier alpha value is -2.50. The lowest BCUT2D eigenvalue weighted by atomic mass is 9.93. The lowest BCUT2D eigenvalue weighted by Crippen LogP contribution is -2.39. The first-order chi connectivity index (χ1) is 12.8. The zero-order chi connectivity index (χ0) is 18.4. The van der Waals surface area contributed by atoms with Crippen molar-refractivity contribution in [2.75, 3.05) is 20.2 Å². The summed E-state index contributed by atoms with van der Waals surface area (Å²) in [6.07, 6.45) is 2.72. The zero-order valence-corrected chi connectivity index (χ0v) is 15.8. The summed E-state index contributed by atoms with van der Waals surface area (Å²) >= 11 is 0. The summed E-state index contributed by atoms with van der Waals surface area (Å²) in [7, 11) is 1.79. The minimum absolute atomic E-state index is 0.423. The fraction of sp³-hybridized carbons (Fsp3) is 0.500. The second-order valence-electron chi connectivity index (χ2n) is 6.42. The number of nitrogens with zero attached hydrogens (tertiary/aromatic N) is 2. The summed E-state index contributed by atoms with van der Waals surface area (Å²) in [5.41, 5.74) is 3.43. The molecular weight excluding hydrogens is 328 g/mol. The zero-order valence-electron chi connectivity index (χ0n) is 15.8. The van der Waals surface area contributed by atoms with Crippen LogP contribution in [0.25, 0.3) is 0 Å². The van der Waals surface area contributed by atoms with E-state index in [1.54, 1.807) is 7.05 Å². The third-order valence-electron chi connectivity index (χ3n) is 4.86. The lowest BCUT2D eigenvalue weighted by molar-refractivity contribution is 0.267. The van der Waals surface area contributed by atoms with Crippen molar-refractivity contribution in [3.8, 4) is 5.75 Å². The van der Waals surface area contributed by atoms with E-state index in [4.69, 9.17) is 9.26 Å². The van der Waals surface area contributed by atoms with E-state index in [2.05, 4.69) is 46.8 Å². The molecule has 3 rings (SSSR count). The molecule has 0 saturated heterocycles. The Morgan fingerprint density at radius 3 is 2.85 bits per heavy atom. The average Bonchev–Trinajstić information content (AvgIpc) is 3.10. The van der Waals surface area contributed by atoms with Gasteiger partial charge >= 0.3 is 0 Å². The van der Waals surface area contributed by atoms with E-state index in [9.17, 15) is 0 Å². The molecule has 0 fully saturated rings. The largest absolute Gasteiger partial charge is 0.493 e. The summed E-state index contributed by atoms with van der Waals surface area (Å²) in [4.78, 5) is 4.35. The SMILES string of the molecule is CCc1noc(CC)c1CNC(=NC)NCC1CCOc2ccccc21. The first-order valence-electron chi connectivity index (χ1n) is 9.39. The summed E-state index contributed by atoms with van der Waals surface area (Å²) in [6, 6.07) is 8.27. The van der Waals surface area contributed by atoms with E-state index in [0.29, 0.717) is 12.5 Å². The van der Waals surface area contributed by atoms with Crippen molar-refractivity contribution in [3.63, 3.8) is 0 Å². The number of benzene rings is 1. The maximum Gasteiger partial charge on any atom is 0.191 e. The van der Waals surface area contributed by atoms with Crippen LogP contribution >= 0.6 is 0 Å². The molecule has 0 radical (unpaired) electrons. The van der Waals surface area contributed by atoms with Gasteiger partial charge in [-0.05, 0) is 24.5 Å². The first-order valence-corrected chi connectivity index (χ1v) is 9.39. The van der Waals surface area contributed by atoms with Gasteiger partial charge in [0.05, 0.1) is 12.3 Å². The Morgan fingerprint density at radius 1 is 1.23 bits per heavy atom. The molecule has 2 aromatic rings. The van der Waals surface area contributed by atoms with E-state index in [1.165, 1.54) is 5.56 Å². The van der Waals surface area contributed by atoms with Gasteiger partial charge in [0.15, 0.2) is 5.96 Å². The topological polar surface area (TPSA) is 71.7 Å². The number of aliphatic imine (C=N–C) groups is 1. The van der Waals surface area contributed by atoms with Crippen LogP contribution in [0.3, 0.4) is 0 Å². The number of fused-ring (bicyclic) bond motifs is 1. The normalized spacial score (nSPS) is 16.7. The van der Waals surface area contributed by atoms with Crippen molar-refractivity contribution in [2.45, 2.75) is 45.6 Å². The maximum atomic E-state index is 5.74. The molecule has 1 aromatic carbocycles. The predicted molar refractivity (Wildman–Crippen MR) is 103 cm³/mol. The van der Waals surface area contributed by atoms with Crippen LogP contribution in [0.15, 0.2) is 33.8 Å². The quantitative estimate of drug-likeness (QED) is 0.615. The molecule has 2 heterocycles. The minimum Gasteiger partial charge on any atom is -0.493 e. The summed E-state index contributed by atoms with van der Waals surface area (Å²) in [6.45, 7) is 6.43. The highest BCUT2D eigenvalue weighted by molar-refractivity contribution is 5.79. The number of nitrogens with one attached hydrogen (secondary N) is 2. The van der Waals surface area contributed by atoms with E-state index < -0.39 is 0 Å². The van der Waals surface area contributed by atoms with Crippen molar-refractivity contribution in [3.05, 3.63) is 46.8 Å². The number of hydrogen-bond acceptors (Lipinski definition) is 4. The molecule has 1 aliphatic rings. The molecule has 140 valence electrons. The van der Waals surface area contributed by atoms with Gasteiger partial charge < -0.3 is 19.9 Å². The fourth-order valence-corrected chi connectivity index (χ4v) is 3.38. The number of aromatic nitrogens is 1. The van der Waals surface area contributed by atoms with E-state index in [-0.39, 0.29) is 0 Å². The van der Waals surface area contributed by atoms with Gasteiger partial charge in [-0.15, -0.1) is 0 Å². The molecule has 0 bridgehead atoms. The fourth-order valence-electron chi connectivity index (χ4n) is 3.38. The van der Waals surface area contributed by atoms with Crippen molar-refractivity contribution in [2.24, 2.45) is 4.99 Å². The number of ether oxygens (including phenoxy) is 1. The molecule has 0 aliphatic carbocycles. The molecule has 1 aromatic heterocycles. The van der Waals surface area contributed by atoms with Gasteiger partial charge in [0.1, 0.15) is 11.5 Å². The summed E-state index contributed by atoms with van der Waals surface area (Å²) < 4.78 is 11.2. The molecule has 6 nitrogen and oxygen atoms in total. The van der Waals surface area contributed by atoms with Crippen molar-refractivity contribution < 1.29 is 9.26 Å². The molecular formula is C20H28N4O2. The Balaban J connectivity index is 1.59. The van der Waals surface area contributed by atoms with Crippen LogP contribution in [0.1, 0.15) is 48.8 Å². The Morgan fingerprint density at radius 2 is 2.08 bits per heavy atom. The third-order valence-corrected chi connectivity index (χ3v) is 4.86. The van der Waals surface area contributed by atoms with Gasteiger partial charge in [-0.3, -0.25) is 4.99 Å². The van der Waals surface area contributed by atoms with Gasteiger partial charge in [-0.2, -0.15) is 0 Å². The molecule has 1 atom stereocenters. The molecule has 1 unspecified atom stereocenters. The van der Waals surface area contributed by atoms with Crippen molar-refractivity contribution in [1.82, 2.24) is 15.8 Å². The first kappa shape index (κ1) is 18.3. The van der Waals surface area contributed by atoms with Crippen LogP contribution < -0.4 is 15.4 Å². The van der Waals surface area contributed by atoms with Crippen LogP contribution in [0.2, 0.25) is 0 Å². The van der Waals surface area contributed by atoms with Gasteiger partial charge in [0.2, 0.25) is 0 Å². The highest BCUT2D eigenvalue weighted by Gasteiger charge is 2.21. The predicted octanol–water partition coefficient (Wildman–Crippen LogP) is 3.03. The Bertz CT molecular complexity index is 733. The molecule has 26 heavy (non-hydrogen) atoms. The van der Waals surface area contributed by atoms with E-state index >= 15 is 0 Å². The smallest absolute Gasteiger partial charge is 0.191 e. The monoisotopic (exact) mass is 356 g/mol. The van der Waals surface area contributed by atoms with E-state index in [0.717, 1.165) is 61.1 Å². The molecule has 2 N–H and O–H groups in total. The highest BCUT2D eigenvalue weighted by atomic mass is 16.5. The third kappa shape index (κ3) is 4.00. The van der Waals surface area contributed by atoms with Gasteiger partial charge in [-0.1, -0.05) is 37.2 Å². The second kappa shape index (κ2) is 8.74. The Kier molecular flexibility index (Phi) is 6.15. The van der Waals surface area contributed by atoms with Gasteiger partial charge in [0, 0.05) is 38.0 Å². The molecule has 6 heteroatoms. The number of para-hydroxylation sites is 1. The molecule has 0 spiro atoms. The second-order valence-corrected chi connectivity index (χ2v) is 6.42. The average molecular weight is 356 g/mol. The van der Waals surface area contributed by atoms with Crippen LogP contribution in [0.4, 0.5) is 0 Å². The van der Waals surface area contributed by atoms with Gasteiger partial charge in [-0.25, -0.2) is 0 Å². The van der Waals surface area contributed by atoms with Crippen LogP contribution in [0.5, 0.6) is 5.75 Å². The van der Waals surface area contributed by atoms with Gasteiger partial charge in [0.25, 0.3) is 0 Å². The number of hydrogen-bond donors (Lipinski definition) is 2. The number of rotatable bonds is 6. The van der Waals surface area contributed by atoms with Crippen molar-refractivity contribution >= 4 is 5.96 Å². The standard InChI is InChI=1S/C20H28N4O2/c1-4-17-16(18(5-2)26-24-17)13-23-20(21-3)22-12-14-10-11-25-19-9-7-6-8-15(14)19/h6-9,14H,4-5,10-13H2,1-3H3,(H2,21,22,23). The van der Waals surface area contributed by atoms with Crippen LogP contribution in [0, 0.1) is 0 Å². The maximum absolute atomic E-state index is 5.74. The Labute approximate surface area is 155 Å². The molecule has 0 saturated carbocycles. The van der Waals surface area contributed by atoms with Crippen LogP contribution in [-0.2, 0) is 19.4 Å². The highest BCUT2D eigenvalue weighted by Crippen LogP contribution is 2.32.